The van der Waals surface area contributed by atoms with Crippen LogP contribution in [0.25, 0.3) is 0 Å². The van der Waals surface area contributed by atoms with Crippen molar-refractivity contribution in [1.82, 2.24) is 5.48 Å². The van der Waals surface area contributed by atoms with Gasteiger partial charge in [0.05, 0.1) is 26.0 Å². The van der Waals surface area contributed by atoms with Crippen LogP contribution in [0.5, 0.6) is 5.75 Å². The van der Waals surface area contributed by atoms with E-state index in [2.05, 4.69) is 10.8 Å². The van der Waals surface area contributed by atoms with E-state index in [1.165, 1.54) is 7.11 Å². The molecule has 94 valence electrons. The number of hydrogen-bond acceptors (Lipinski definition) is 4. The van der Waals surface area contributed by atoms with Crippen molar-refractivity contribution in [3.63, 3.8) is 0 Å². The van der Waals surface area contributed by atoms with E-state index in [4.69, 9.17) is 14.3 Å². The molecular formula is C11H16N2O4. The highest BCUT2D eigenvalue weighted by Gasteiger charge is 2.05. The van der Waals surface area contributed by atoms with Gasteiger partial charge in [0.15, 0.2) is 0 Å². The van der Waals surface area contributed by atoms with Gasteiger partial charge in [0.2, 0.25) is 0 Å². The second kappa shape index (κ2) is 7.48. The number of amides is 2. The highest BCUT2D eigenvalue weighted by atomic mass is 16.7. The Morgan fingerprint density at radius 1 is 1.24 bits per heavy atom. The number of para-hydroxylation sites is 2. The van der Waals surface area contributed by atoms with Crippen LogP contribution >= 0.6 is 0 Å². The van der Waals surface area contributed by atoms with Crippen LogP contribution < -0.4 is 15.5 Å². The molecule has 6 heteroatoms. The van der Waals surface area contributed by atoms with Crippen molar-refractivity contribution >= 4 is 11.7 Å². The van der Waals surface area contributed by atoms with Gasteiger partial charge in [0.25, 0.3) is 0 Å². The molecule has 0 spiro atoms. The summed E-state index contributed by atoms with van der Waals surface area (Å²) in [5.41, 5.74) is 2.80. The van der Waals surface area contributed by atoms with Crippen LogP contribution in [0.3, 0.4) is 0 Å². The summed E-state index contributed by atoms with van der Waals surface area (Å²) in [6.45, 7) is 0.699. The second-order valence-electron chi connectivity index (χ2n) is 3.10. The quantitative estimate of drug-likeness (QED) is 0.582. The summed E-state index contributed by atoms with van der Waals surface area (Å²) in [4.78, 5) is 16.3. The Bertz CT molecular complexity index is 357. The first-order chi connectivity index (χ1) is 8.27. The number of hydroxylamine groups is 1. The standard InChI is InChI=1S/C11H16N2O4/c1-15-7-8-17-13-11(14)12-9-5-3-4-6-10(9)16-2/h3-6H,7-8H2,1-2H3,(H2,12,13,14). The van der Waals surface area contributed by atoms with Crippen LogP contribution in [0.4, 0.5) is 10.5 Å². The predicted octanol–water partition coefficient (Wildman–Crippen LogP) is 1.39. The zero-order valence-corrected chi connectivity index (χ0v) is 9.86. The van der Waals surface area contributed by atoms with Crippen molar-refractivity contribution < 1.29 is 19.1 Å². The fourth-order valence-electron chi connectivity index (χ4n) is 1.14. The molecule has 1 aromatic carbocycles. The van der Waals surface area contributed by atoms with Gasteiger partial charge in [0.1, 0.15) is 5.75 Å². The molecule has 0 atom stereocenters. The van der Waals surface area contributed by atoms with E-state index in [1.54, 1.807) is 25.3 Å². The third-order valence-electron chi connectivity index (χ3n) is 1.91. The van der Waals surface area contributed by atoms with E-state index in [0.717, 1.165) is 0 Å². The van der Waals surface area contributed by atoms with Gasteiger partial charge in [-0.25, -0.2) is 10.3 Å². The molecule has 2 amide bonds. The van der Waals surface area contributed by atoms with Crippen molar-refractivity contribution in [2.45, 2.75) is 0 Å². The molecule has 1 aromatic rings. The minimum atomic E-state index is -0.467. The zero-order chi connectivity index (χ0) is 12.5. The average Bonchev–Trinajstić information content (AvgIpc) is 2.35. The lowest BCUT2D eigenvalue weighted by molar-refractivity contribution is 0.0272. The van der Waals surface area contributed by atoms with E-state index in [-0.39, 0.29) is 6.61 Å². The lowest BCUT2D eigenvalue weighted by Crippen LogP contribution is -2.30. The number of rotatable bonds is 6. The summed E-state index contributed by atoms with van der Waals surface area (Å²) in [6.07, 6.45) is 0. The highest BCUT2D eigenvalue weighted by molar-refractivity contribution is 5.90. The highest BCUT2D eigenvalue weighted by Crippen LogP contribution is 2.22. The summed E-state index contributed by atoms with van der Waals surface area (Å²) >= 11 is 0. The minimum absolute atomic E-state index is 0.288. The molecule has 0 saturated carbocycles. The number of ether oxygens (including phenoxy) is 2. The molecule has 0 aliphatic carbocycles. The van der Waals surface area contributed by atoms with Crippen LogP contribution in [0.1, 0.15) is 0 Å². The number of methoxy groups -OCH3 is 2. The normalized spacial score (nSPS) is 9.76. The van der Waals surface area contributed by atoms with Gasteiger partial charge in [-0.1, -0.05) is 12.1 Å². The lowest BCUT2D eigenvalue weighted by Gasteiger charge is -2.10. The van der Waals surface area contributed by atoms with E-state index >= 15 is 0 Å². The van der Waals surface area contributed by atoms with Gasteiger partial charge in [-0.3, -0.25) is 4.84 Å². The van der Waals surface area contributed by atoms with Crippen LogP contribution in [-0.2, 0) is 9.57 Å². The molecule has 0 aromatic heterocycles. The molecule has 0 unspecified atom stereocenters. The first kappa shape index (κ1) is 13.3. The number of urea groups is 1. The third kappa shape index (κ3) is 4.71. The van der Waals surface area contributed by atoms with Crippen LogP contribution in [-0.4, -0.2) is 33.5 Å². The number of nitrogens with one attached hydrogen (secondary N) is 2. The van der Waals surface area contributed by atoms with E-state index in [0.29, 0.717) is 18.0 Å². The first-order valence-electron chi connectivity index (χ1n) is 5.08. The predicted molar refractivity (Wildman–Crippen MR) is 63.0 cm³/mol. The molecule has 6 nitrogen and oxygen atoms in total. The van der Waals surface area contributed by atoms with Crippen molar-refractivity contribution in [2.75, 3.05) is 32.8 Å². The van der Waals surface area contributed by atoms with Crippen molar-refractivity contribution in [1.29, 1.82) is 0 Å². The van der Waals surface area contributed by atoms with Crippen LogP contribution in [0.15, 0.2) is 24.3 Å². The third-order valence-corrected chi connectivity index (χ3v) is 1.91. The summed E-state index contributed by atoms with van der Waals surface area (Å²) in [6, 6.07) is 6.63. The minimum Gasteiger partial charge on any atom is -0.495 e. The van der Waals surface area contributed by atoms with E-state index in [1.807, 2.05) is 6.07 Å². The SMILES string of the molecule is COCCONC(=O)Nc1ccccc1OC. The van der Waals surface area contributed by atoms with E-state index in [9.17, 15) is 4.79 Å². The van der Waals surface area contributed by atoms with Crippen molar-refractivity contribution in [2.24, 2.45) is 0 Å². The van der Waals surface area contributed by atoms with Gasteiger partial charge in [-0.05, 0) is 12.1 Å². The van der Waals surface area contributed by atoms with Gasteiger partial charge in [-0.15, -0.1) is 0 Å². The topological polar surface area (TPSA) is 68.8 Å². The molecular weight excluding hydrogens is 224 g/mol. The molecule has 1 rings (SSSR count). The second-order valence-corrected chi connectivity index (χ2v) is 3.10. The number of benzene rings is 1. The van der Waals surface area contributed by atoms with Crippen molar-refractivity contribution in [3.8, 4) is 5.75 Å². The summed E-state index contributed by atoms with van der Waals surface area (Å²) < 4.78 is 9.85. The average molecular weight is 240 g/mol. The molecule has 17 heavy (non-hydrogen) atoms. The van der Waals surface area contributed by atoms with Crippen molar-refractivity contribution in [3.05, 3.63) is 24.3 Å². The number of carbonyl (C=O) groups excluding carboxylic acids is 1. The first-order valence-corrected chi connectivity index (χ1v) is 5.08. The smallest absolute Gasteiger partial charge is 0.343 e. The molecule has 0 aliphatic rings. The summed E-state index contributed by atoms with van der Waals surface area (Å²) in [7, 11) is 3.09. The van der Waals surface area contributed by atoms with E-state index < -0.39 is 6.03 Å². The van der Waals surface area contributed by atoms with Gasteiger partial charge >= 0.3 is 6.03 Å². The Hall–Kier alpha value is -1.79. The molecule has 2 N–H and O–H groups in total. The molecule has 0 bridgehead atoms. The van der Waals surface area contributed by atoms with Gasteiger partial charge in [0, 0.05) is 7.11 Å². The lowest BCUT2D eigenvalue weighted by atomic mass is 10.3. The van der Waals surface area contributed by atoms with Gasteiger partial charge < -0.3 is 14.8 Å². The maximum atomic E-state index is 11.4. The van der Waals surface area contributed by atoms with Gasteiger partial charge in [-0.2, -0.15) is 0 Å². The molecule has 0 aliphatic heterocycles. The Kier molecular flexibility index (Phi) is 5.84. The molecule has 0 saturated heterocycles. The Morgan fingerprint density at radius 3 is 2.71 bits per heavy atom. The Morgan fingerprint density at radius 2 is 2.00 bits per heavy atom. The number of carbonyl (C=O) groups is 1. The Balaban J connectivity index is 2.39. The zero-order valence-electron chi connectivity index (χ0n) is 9.86. The monoisotopic (exact) mass is 240 g/mol. The molecule has 0 radical (unpaired) electrons. The van der Waals surface area contributed by atoms with Crippen LogP contribution in [0, 0.1) is 0 Å². The fraction of sp³-hybridized carbons (Fsp3) is 0.364. The largest absolute Gasteiger partial charge is 0.495 e. The fourth-order valence-corrected chi connectivity index (χ4v) is 1.14. The number of hydrogen-bond donors (Lipinski definition) is 2. The summed E-state index contributed by atoms with van der Waals surface area (Å²) in [5.74, 6) is 0.583. The number of anilines is 1. The maximum Gasteiger partial charge on any atom is 0.343 e. The molecule has 0 fully saturated rings. The Labute approximate surface area is 99.8 Å². The summed E-state index contributed by atoms with van der Waals surface area (Å²) in [5, 5.41) is 2.60. The molecule has 0 heterocycles. The van der Waals surface area contributed by atoms with Crippen LogP contribution in [0.2, 0.25) is 0 Å². The maximum absolute atomic E-state index is 11.4.